The van der Waals surface area contributed by atoms with Gasteiger partial charge in [-0.25, -0.2) is 0 Å². The number of rotatable bonds is 2. The van der Waals surface area contributed by atoms with Gasteiger partial charge in [0.1, 0.15) is 0 Å². The second-order valence-electron chi connectivity index (χ2n) is 2.30. The molecule has 0 nitrogen and oxygen atoms in total. The van der Waals surface area contributed by atoms with Crippen LogP contribution in [-0.2, 0) is 0 Å². The first-order valence-electron chi connectivity index (χ1n) is 3.30. The van der Waals surface area contributed by atoms with E-state index in [0.717, 1.165) is 5.03 Å². The van der Waals surface area contributed by atoms with Crippen molar-refractivity contribution >= 4 is 11.6 Å². The van der Waals surface area contributed by atoms with Crippen molar-refractivity contribution in [2.75, 3.05) is 0 Å². The first kappa shape index (κ1) is 9.51. The van der Waals surface area contributed by atoms with Crippen LogP contribution in [0.2, 0.25) is 0 Å². The van der Waals surface area contributed by atoms with Crippen LogP contribution in [0, 0.1) is 0 Å². The molecule has 0 saturated heterocycles. The van der Waals surface area contributed by atoms with E-state index >= 15 is 0 Å². The van der Waals surface area contributed by atoms with Crippen LogP contribution in [0.15, 0.2) is 34.9 Å². The van der Waals surface area contributed by atoms with Gasteiger partial charge in [0.05, 0.1) is 0 Å². The van der Waals surface area contributed by atoms with E-state index in [4.69, 9.17) is 11.6 Å². The number of halogens is 1. The van der Waals surface area contributed by atoms with Crippen molar-refractivity contribution in [1.82, 2.24) is 0 Å². The molecule has 0 radical (unpaired) electrons. The predicted octanol–water partition coefficient (Wildman–Crippen LogP) is 3.65. The van der Waals surface area contributed by atoms with Gasteiger partial charge in [-0.15, -0.1) is 0 Å². The third-order valence-corrected chi connectivity index (χ3v) is 1.15. The molecule has 0 heterocycles. The van der Waals surface area contributed by atoms with Crippen molar-refractivity contribution in [3.8, 4) is 0 Å². The number of hydrogen-bond donors (Lipinski definition) is 0. The molecular formula is C9H13Cl. The van der Waals surface area contributed by atoms with E-state index in [1.165, 1.54) is 5.57 Å². The van der Waals surface area contributed by atoms with Crippen LogP contribution >= 0.6 is 11.6 Å². The van der Waals surface area contributed by atoms with Gasteiger partial charge in [-0.2, -0.15) is 0 Å². The quantitative estimate of drug-likeness (QED) is 0.536. The smallest absolute Gasteiger partial charge is 0.0402 e. The van der Waals surface area contributed by atoms with E-state index < -0.39 is 0 Å². The van der Waals surface area contributed by atoms with E-state index in [1.54, 1.807) is 0 Å². The zero-order valence-corrected chi connectivity index (χ0v) is 7.44. The summed E-state index contributed by atoms with van der Waals surface area (Å²) in [6.07, 6.45) is 7.65. The van der Waals surface area contributed by atoms with E-state index in [0.29, 0.717) is 0 Å². The minimum atomic E-state index is 0.767. The standard InChI is InChI=1S/C9H13Cl/c1-4-5-9(10)7-6-8(2)3/h4-7H,1-3H3/b5-4-,9-7+. The third-order valence-electron chi connectivity index (χ3n) is 0.902. The molecule has 56 valence electrons. The molecule has 0 spiro atoms. The van der Waals surface area contributed by atoms with E-state index in [2.05, 4.69) is 0 Å². The summed E-state index contributed by atoms with van der Waals surface area (Å²) in [5.74, 6) is 0. The summed E-state index contributed by atoms with van der Waals surface area (Å²) in [6.45, 7) is 6.02. The second kappa shape index (κ2) is 5.31. The molecule has 0 atom stereocenters. The molecule has 0 rings (SSSR count). The Hall–Kier alpha value is -0.490. The maximum atomic E-state index is 5.75. The zero-order chi connectivity index (χ0) is 7.98. The Morgan fingerprint density at radius 1 is 1.20 bits per heavy atom. The Kier molecular flexibility index (Phi) is 5.05. The molecule has 0 bridgehead atoms. The zero-order valence-electron chi connectivity index (χ0n) is 6.69. The average Bonchev–Trinajstić information content (AvgIpc) is 1.85. The monoisotopic (exact) mass is 156 g/mol. The highest BCUT2D eigenvalue weighted by molar-refractivity contribution is 6.31. The van der Waals surface area contributed by atoms with E-state index in [9.17, 15) is 0 Å². The first-order valence-corrected chi connectivity index (χ1v) is 3.68. The van der Waals surface area contributed by atoms with E-state index in [-0.39, 0.29) is 0 Å². The molecule has 0 aliphatic heterocycles. The molecule has 10 heavy (non-hydrogen) atoms. The maximum absolute atomic E-state index is 5.75. The lowest BCUT2D eigenvalue weighted by Crippen LogP contribution is -1.63. The van der Waals surface area contributed by atoms with Crippen LogP contribution in [0.1, 0.15) is 20.8 Å². The largest absolute Gasteiger partial charge is 0.0862 e. The van der Waals surface area contributed by atoms with Crippen molar-refractivity contribution < 1.29 is 0 Å². The number of allylic oxidation sites excluding steroid dienone is 6. The van der Waals surface area contributed by atoms with Crippen molar-refractivity contribution in [2.45, 2.75) is 20.8 Å². The van der Waals surface area contributed by atoms with Crippen LogP contribution in [-0.4, -0.2) is 0 Å². The molecule has 0 aromatic heterocycles. The Morgan fingerprint density at radius 3 is 2.20 bits per heavy atom. The predicted molar refractivity (Wildman–Crippen MR) is 48.2 cm³/mol. The molecule has 0 saturated carbocycles. The minimum absolute atomic E-state index is 0.767. The van der Waals surface area contributed by atoms with Crippen LogP contribution in [0.4, 0.5) is 0 Å². The van der Waals surface area contributed by atoms with Gasteiger partial charge >= 0.3 is 0 Å². The average molecular weight is 157 g/mol. The van der Waals surface area contributed by atoms with Gasteiger partial charge in [0.2, 0.25) is 0 Å². The summed E-state index contributed by atoms with van der Waals surface area (Å²) >= 11 is 5.75. The molecule has 0 unspecified atom stereocenters. The van der Waals surface area contributed by atoms with Crippen molar-refractivity contribution in [2.24, 2.45) is 0 Å². The van der Waals surface area contributed by atoms with Gasteiger partial charge in [0.15, 0.2) is 0 Å². The van der Waals surface area contributed by atoms with Crippen LogP contribution in [0.3, 0.4) is 0 Å². The normalized spacial score (nSPS) is 12.2. The molecule has 0 N–H and O–H groups in total. The Morgan fingerprint density at radius 2 is 1.80 bits per heavy atom. The van der Waals surface area contributed by atoms with Crippen LogP contribution < -0.4 is 0 Å². The lowest BCUT2D eigenvalue weighted by molar-refractivity contribution is 1.39. The fourth-order valence-corrected chi connectivity index (χ4v) is 0.650. The van der Waals surface area contributed by atoms with Crippen molar-refractivity contribution in [1.29, 1.82) is 0 Å². The molecule has 0 aromatic carbocycles. The molecule has 0 aromatic rings. The molecule has 1 heteroatoms. The van der Waals surface area contributed by atoms with Gasteiger partial charge in [-0.1, -0.05) is 29.3 Å². The molecule has 0 amide bonds. The third kappa shape index (κ3) is 5.64. The first-order chi connectivity index (χ1) is 4.66. The Bertz CT molecular complexity index is 169. The lowest BCUT2D eigenvalue weighted by atomic mass is 10.3. The summed E-state index contributed by atoms with van der Waals surface area (Å²) in [7, 11) is 0. The second-order valence-corrected chi connectivity index (χ2v) is 2.73. The fourth-order valence-electron chi connectivity index (χ4n) is 0.461. The summed E-state index contributed by atoms with van der Waals surface area (Å²) in [4.78, 5) is 0. The van der Waals surface area contributed by atoms with Crippen molar-refractivity contribution in [3.63, 3.8) is 0 Å². The molecule has 0 fully saturated rings. The highest BCUT2D eigenvalue weighted by atomic mass is 35.5. The van der Waals surface area contributed by atoms with Gasteiger partial charge in [-0.3, -0.25) is 0 Å². The van der Waals surface area contributed by atoms with Gasteiger partial charge in [0, 0.05) is 5.03 Å². The molecule has 0 aliphatic rings. The van der Waals surface area contributed by atoms with Gasteiger partial charge < -0.3 is 0 Å². The van der Waals surface area contributed by atoms with Crippen molar-refractivity contribution in [3.05, 3.63) is 34.9 Å². The SMILES string of the molecule is C/C=C\C(Cl)=C/C=C(C)C. The Balaban J connectivity index is 4.05. The summed E-state index contributed by atoms with van der Waals surface area (Å²) in [5.41, 5.74) is 1.25. The number of hydrogen-bond acceptors (Lipinski definition) is 0. The summed E-state index contributed by atoms with van der Waals surface area (Å²) in [5, 5.41) is 0.767. The van der Waals surface area contributed by atoms with Crippen LogP contribution in [0.5, 0.6) is 0 Å². The van der Waals surface area contributed by atoms with Crippen LogP contribution in [0.25, 0.3) is 0 Å². The highest BCUT2D eigenvalue weighted by Gasteiger charge is 1.78. The minimum Gasteiger partial charge on any atom is -0.0862 e. The fraction of sp³-hybridized carbons (Fsp3) is 0.333. The molecule has 0 aliphatic carbocycles. The van der Waals surface area contributed by atoms with Gasteiger partial charge in [0.25, 0.3) is 0 Å². The lowest BCUT2D eigenvalue weighted by Gasteiger charge is -1.85. The van der Waals surface area contributed by atoms with E-state index in [1.807, 2.05) is 45.1 Å². The summed E-state index contributed by atoms with van der Waals surface area (Å²) < 4.78 is 0. The highest BCUT2D eigenvalue weighted by Crippen LogP contribution is 2.03. The summed E-state index contributed by atoms with van der Waals surface area (Å²) in [6, 6.07) is 0. The maximum Gasteiger partial charge on any atom is 0.0402 e. The molecular weight excluding hydrogens is 144 g/mol. The Labute approximate surface area is 67.9 Å². The topological polar surface area (TPSA) is 0 Å². The van der Waals surface area contributed by atoms with Gasteiger partial charge in [-0.05, 0) is 32.9 Å².